The molecule has 3 heterocycles. The number of aliphatic imine (C=N–C) groups is 1. The maximum absolute atomic E-state index is 4.95. The second-order valence-corrected chi connectivity index (χ2v) is 8.54. The fourth-order valence-corrected chi connectivity index (χ4v) is 5.15. The Morgan fingerprint density at radius 2 is 2.04 bits per heavy atom. The van der Waals surface area contributed by atoms with Gasteiger partial charge in [-0.1, -0.05) is 25.3 Å². The number of aromatic nitrogens is 2. The Morgan fingerprint density at radius 3 is 2.86 bits per heavy atom. The monoisotopic (exact) mass is 398 g/mol. The predicted octanol–water partition coefficient (Wildman–Crippen LogP) is 4.23. The third-order valence-electron chi connectivity index (χ3n) is 5.91. The maximum Gasteiger partial charge on any atom is 0.197 e. The number of hydrogen-bond acceptors (Lipinski definition) is 5. The standard InChI is InChI=1S/C21H30N6S/c1-3-23-20(22-2)26-21-25-18(14-28-21)17-9-6-10-19(24-17)27-12-11-15-7-4-5-8-16(15)13-27/h6,9-10,14-16H,3-5,7-8,11-13H2,1-2H3,(H2,22,23,25,26)/t15-,16?/m1/s1. The van der Waals surface area contributed by atoms with Crippen molar-refractivity contribution >= 4 is 28.2 Å². The molecule has 0 bridgehead atoms. The molecular formula is C21H30N6S. The Labute approximate surface area is 171 Å². The average Bonchev–Trinajstić information content (AvgIpc) is 3.22. The number of piperidine rings is 1. The van der Waals surface area contributed by atoms with Gasteiger partial charge in [-0.3, -0.25) is 4.99 Å². The summed E-state index contributed by atoms with van der Waals surface area (Å²) in [6.07, 6.45) is 6.94. The van der Waals surface area contributed by atoms with Gasteiger partial charge >= 0.3 is 0 Å². The van der Waals surface area contributed by atoms with Crippen LogP contribution in [0.1, 0.15) is 39.0 Å². The fourth-order valence-electron chi connectivity index (χ4n) is 4.45. The Morgan fingerprint density at radius 1 is 1.18 bits per heavy atom. The van der Waals surface area contributed by atoms with E-state index in [1.54, 1.807) is 18.4 Å². The highest BCUT2D eigenvalue weighted by atomic mass is 32.1. The molecule has 2 fully saturated rings. The predicted molar refractivity (Wildman–Crippen MR) is 118 cm³/mol. The van der Waals surface area contributed by atoms with Gasteiger partial charge in [-0.05, 0) is 43.7 Å². The van der Waals surface area contributed by atoms with E-state index in [4.69, 9.17) is 9.97 Å². The second-order valence-electron chi connectivity index (χ2n) is 7.69. The molecule has 6 nitrogen and oxygen atoms in total. The van der Waals surface area contributed by atoms with E-state index in [-0.39, 0.29) is 0 Å². The molecule has 0 aromatic carbocycles. The number of thiazole rings is 1. The lowest BCUT2D eigenvalue weighted by Crippen LogP contribution is -2.42. The highest BCUT2D eigenvalue weighted by Crippen LogP contribution is 2.37. The summed E-state index contributed by atoms with van der Waals surface area (Å²) in [5, 5.41) is 9.31. The van der Waals surface area contributed by atoms with Crippen molar-refractivity contribution in [1.82, 2.24) is 15.3 Å². The van der Waals surface area contributed by atoms with Gasteiger partial charge in [0.05, 0.1) is 5.69 Å². The summed E-state index contributed by atoms with van der Waals surface area (Å²) < 4.78 is 0. The molecule has 2 aromatic heterocycles. The SMILES string of the molecule is CCNC(=NC)Nc1nc(-c2cccc(N3CC[C@H]4CCCCC4C3)n2)cs1. The second kappa shape index (κ2) is 8.90. The van der Waals surface area contributed by atoms with E-state index in [1.165, 1.54) is 32.1 Å². The lowest BCUT2D eigenvalue weighted by molar-refractivity contribution is 0.202. The maximum atomic E-state index is 4.95. The topological polar surface area (TPSA) is 65.4 Å². The molecule has 2 aliphatic rings. The van der Waals surface area contributed by atoms with E-state index in [2.05, 4.69) is 44.1 Å². The van der Waals surface area contributed by atoms with Crippen LogP contribution in [0, 0.1) is 11.8 Å². The van der Waals surface area contributed by atoms with Crippen molar-refractivity contribution in [3.05, 3.63) is 23.6 Å². The van der Waals surface area contributed by atoms with Crippen LogP contribution in [0.3, 0.4) is 0 Å². The van der Waals surface area contributed by atoms with Crippen LogP contribution in [0.2, 0.25) is 0 Å². The number of pyridine rings is 1. The first-order chi connectivity index (χ1) is 13.8. The van der Waals surface area contributed by atoms with Crippen LogP contribution in [0.5, 0.6) is 0 Å². The molecule has 150 valence electrons. The van der Waals surface area contributed by atoms with Crippen LogP contribution in [-0.2, 0) is 0 Å². The van der Waals surface area contributed by atoms with Gasteiger partial charge in [0.15, 0.2) is 11.1 Å². The third-order valence-corrected chi connectivity index (χ3v) is 6.67. The van der Waals surface area contributed by atoms with Gasteiger partial charge in [-0.2, -0.15) is 0 Å². The molecule has 28 heavy (non-hydrogen) atoms. The van der Waals surface area contributed by atoms with Gasteiger partial charge in [-0.15, -0.1) is 11.3 Å². The molecule has 0 spiro atoms. The first-order valence-electron chi connectivity index (χ1n) is 10.4. The molecule has 2 aromatic rings. The number of nitrogens with one attached hydrogen (secondary N) is 2. The molecule has 1 saturated heterocycles. The molecule has 4 rings (SSSR count). The van der Waals surface area contributed by atoms with Gasteiger partial charge in [0.25, 0.3) is 0 Å². The summed E-state index contributed by atoms with van der Waals surface area (Å²) in [5.74, 6) is 3.61. The summed E-state index contributed by atoms with van der Waals surface area (Å²) in [5.41, 5.74) is 1.85. The summed E-state index contributed by atoms with van der Waals surface area (Å²) in [7, 11) is 1.76. The minimum atomic E-state index is 0.737. The summed E-state index contributed by atoms with van der Waals surface area (Å²) in [6, 6.07) is 6.30. The molecule has 1 saturated carbocycles. The fraction of sp³-hybridized carbons (Fsp3) is 0.571. The van der Waals surface area contributed by atoms with E-state index >= 15 is 0 Å². The third kappa shape index (κ3) is 4.29. The van der Waals surface area contributed by atoms with Gasteiger partial charge in [-0.25, -0.2) is 9.97 Å². The van der Waals surface area contributed by atoms with E-state index in [0.29, 0.717) is 0 Å². The van der Waals surface area contributed by atoms with Crippen molar-refractivity contribution in [2.75, 3.05) is 36.9 Å². The molecule has 7 heteroatoms. The molecular weight excluding hydrogens is 368 g/mol. The van der Waals surface area contributed by atoms with E-state index in [9.17, 15) is 0 Å². The minimum absolute atomic E-state index is 0.737. The lowest BCUT2D eigenvalue weighted by Gasteiger charge is -2.41. The zero-order valence-corrected chi connectivity index (χ0v) is 17.6. The Balaban J connectivity index is 1.47. The molecule has 0 amide bonds. The normalized spacial score (nSPS) is 22.6. The highest BCUT2D eigenvalue weighted by molar-refractivity contribution is 7.14. The van der Waals surface area contributed by atoms with E-state index in [1.807, 2.05) is 6.92 Å². The van der Waals surface area contributed by atoms with Crippen molar-refractivity contribution in [2.45, 2.75) is 39.0 Å². The van der Waals surface area contributed by atoms with Crippen LogP contribution < -0.4 is 15.5 Å². The minimum Gasteiger partial charge on any atom is -0.356 e. The zero-order chi connectivity index (χ0) is 19.3. The molecule has 2 N–H and O–H groups in total. The number of anilines is 2. The van der Waals surface area contributed by atoms with Crippen molar-refractivity contribution in [3.63, 3.8) is 0 Å². The van der Waals surface area contributed by atoms with Crippen molar-refractivity contribution in [2.24, 2.45) is 16.8 Å². The first kappa shape index (κ1) is 19.2. The van der Waals surface area contributed by atoms with Gasteiger partial charge in [0, 0.05) is 32.1 Å². The molecule has 2 atom stereocenters. The quantitative estimate of drug-likeness (QED) is 0.596. The van der Waals surface area contributed by atoms with Crippen LogP contribution >= 0.6 is 11.3 Å². The molecule has 1 unspecified atom stereocenters. The summed E-state index contributed by atoms with van der Waals surface area (Å²) >= 11 is 1.57. The van der Waals surface area contributed by atoms with Gasteiger partial charge in [0.2, 0.25) is 0 Å². The number of hydrogen-bond donors (Lipinski definition) is 2. The van der Waals surface area contributed by atoms with Crippen LogP contribution in [-0.4, -0.2) is 42.6 Å². The van der Waals surface area contributed by atoms with Crippen LogP contribution in [0.25, 0.3) is 11.4 Å². The average molecular weight is 399 g/mol. The first-order valence-corrected chi connectivity index (χ1v) is 11.3. The number of nitrogens with zero attached hydrogens (tertiary/aromatic N) is 4. The molecule has 1 aliphatic heterocycles. The largest absolute Gasteiger partial charge is 0.356 e. The lowest BCUT2D eigenvalue weighted by atomic mass is 9.75. The summed E-state index contributed by atoms with van der Waals surface area (Å²) in [4.78, 5) is 16.3. The van der Waals surface area contributed by atoms with Crippen molar-refractivity contribution < 1.29 is 0 Å². The Bertz CT molecular complexity index is 817. The van der Waals surface area contributed by atoms with Crippen LogP contribution in [0.15, 0.2) is 28.6 Å². The number of guanidine groups is 1. The molecule has 1 aliphatic carbocycles. The smallest absolute Gasteiger partial charge is 0.197 e. The van der Waals surface area contributed by atoms with E-state index < -0.39 is 0 Å². The number of rotatable bonds is 4. The zero-order valence-electron chi connectivity index (χ0n) is 16.8. The van der Waals surface area contributed by atoms with Crippen molar-refractivity contribution in [1.29, 1.82) is 0 Å². The highest BCUT2D eigenvalue weighted by Gasteiger charge is 2.31. The van der Waals surface area contributed by atoms with Gasteiger partial charge in [0.1, 0.15) is 11.5 Å². The van der Waals surface area contributed by atoms with Crippen molar-refractivity contribution in [3.8, 4) is 11.4 Å². The van der Waals surface area contributed by atoms with Gasteiger partial charge < -0.3 is 15.5 Å². The van der Waals surface area contributed by atoms with Crippen LogP contribution in [0.4, 0.5) is 10.9 Å². The summed E-state index contributed by atoms with van der Waals surface area (Å²) in [6.45, 7) is 5.15. The molecule has 0 radical (unpaired) electrons. The Kier molecular flexibility index (Phi) is 6.10. The Hall–Kier alpha value is -2.15. The van der Waals surface area contributed by atoms with E-state index in [0.717, 1.165) is 59.8 Å². The number of fused-ring (bicyclic) bond motifs is 1.